The summed E-state index contributed by atoms with van der Waals surface area (Å²) in [6, 6.07) is 3.57. The SMILES string of the molecule is CC(C)(C)CCCCNc1ccc(C(=O)Nc2nncs2)cn1. The molecule has 2 rings (SSSR count). The van der Waals surface area contributed by atoms with E-state index >= 15 is 0 Å². The van der Waals surface area contributed by atoms with Gasteiger partial charge in [0.25, 0.3) is 5.91 Å². The van der Waals surface area contributed by atoms with E-state index < -0.39 is 0 Å². The van der Waals surface area contributed by atoms with Gasteiger partial charge in [-0.1, -0.05) is 38.5 Å². The third kappa shape index (κ3) is 6.32. The third-order valence-electron chi connectivity index (χ3n) is 3.27. The van der Waals surface area contributed by atoms with Crippen LogP contribution in [-0.4, -0.2) is 27.6 Å². The van der Waals surface area contributed by atoms with Crippen molar-refractivity contribution >= 4 is 28.2 Å². The first-order chi connectivity index (χ1) is 10.9. The molecule has 0 bridgehead atoms. The fraction of sp³-hybridized carbons (Fsp3) is 0.500. The summed E-state index contributed by atoms with van der Waals surface area (Å²) in [5, 5.41) is 13.9. The zero-order valence-corrected chi connectivity index (χ0v) is 14.6. The molecule has 0 aliphatic rings. The molecule has 7 heteroatoms. The van der Waals surface area contributed by atoms with Crippen molar-refractivity contribution in [3.63, 3.8) is 0 Å². The zero-order valence-electron chi connectivity index (χ0n) is 13.8. The molecule has 0 aliphatic heterocycles. The number of hydrogen-bond donors (Lipinski definition) is 2. The second kappa shape index (κ2) is 8.01. The number of carbonyl (C=O) groups excluding carboxylic acids is 1. The molecule has 2 aromatic heterocycles. The van der Waals surface area contributed by atoms with E-state index in [1.165, 1.54) is 24.2 Å². The summed E-state index contributed by atoms with van der Waals surface area (Å²) in [4.78, 5) is 16.3. The third-order valence-corrected chi connectivity index (χ3v) is 3.87. The summed E-state index contributed by atoms with van der Waals surface area (Å²) in [6.45, 7) is 7.66. The van der Waals surface area contributed by atoms with Gasteiger partial charge in [0.1, 0.15) is 11.3 Å². The predicted molar refractivity (Wildman–Crippen MR) is 93.9 cm³/mol. The van der Waals surface area contributed by atoms with Crippen molar-refractivity contribution in [1.82, 2.24) is 15.2 Å². The first kappa shape index (κ1) is 17.3. The Balaban J connectivity index is 1.75. The van der Waals surface area contributed by atoms with Crippen LogP contribution in [0.2, 0.25) is 0 Å². The van der Waals surface area contributed by atoms with E-state index in [2.05, 4.69) is 46.6 Å². The maximum atomic E-state index is 12.0. The molecule has 6 nitrogen and oxygen atoms in total. The fourth-order valence-electron chi connectivity index (χ4n) is 2.03. The Morgan fingerprint density at radius 1 is 1.26 bits per heavy atom. The highest BCUT2D eigenvalue weighted by atomic mass is 32.1. The van der Waals surface area contributed by atoms with E-state index in [9.17, 15) is 4.79 Å². The molecular weight excluding hydrogens is 310 g/mol. The lowest BCUT2D eigenvalue weighted by Gasteiger charge is -2.17. The molecule has 0 radical (unpaired) electrons. The van der Waals surface area contributed by atoms with Crippen LogP contribution in [0.5, 0.6) is 0 Å². The summed E-state index contributed by atoms with van der Waals surface area (Å²) in [6.07, 6.45) is 5.08. The summed E-state index contributed by atoms with van der Waals surface area (Å²) in [5.74, 6) is 0.555. The van der Waals surface area contributed by atoms with Gasteiger partial charge < -0.3 is 5.32 Å². The van der Waals surface area contributed by atoms with E-state index in [1.54, 1.807) is 17.8 Å². The molecule has 0 aliphatic carbocycles. The Morgan fingerprint density at radius 2 is 2.09 bits per heavy atom. The van der Waals surface area contributed by atoms with Gasteiger partial charge in [-0.15, -0.1) is 10.2 Å². The fourth-order valence-corrected chi connectivity index (χ4v) is 2.47. The van der Waals surface area contributed by atoms with Crippen molar-refractivity contribution in [1.29, 1.82) is 0 Å². The number of aromatic nitrogens is 3. The van der Waals surface area contributed by atoms with Crippen molar-refractivity contribution < 1.29 is 4.79 Å². The zero-order chi connectivity index (χ0) is 16.7. The summed E-state index contributed by atoms with van der Waals surface area (Å²) >= 11 is 1.28. The Morgan fingerprint density at radius 3 is 2.70 bits per heavy atom. The lowest BCUT2D eigenvalue weighted by Crippen LogP contribution is -2.12. The van der Waals surface area contributed by atoms with Gasteiger partial charge in [-0.05, 0) is 30.4 Å². The van der Waals surface area contributed by atoms with E-state index in [0.29, 0.717) is 16.1 Å². The first-order valence-electron chi connectivity index (χ1n) is 7.71. The van der Waals surface area contributed by atoms with E-state index in [4.69, 9.17) is 0 Å². The highest BCUT2D eigenvalue weighted by Crippen LogP contribution is 2.21. The molecular formula is C16H23N5OS. The van der Waals surface area contributed by atoms with Gasteiger partial charge in [-0.25, -0.2) is 4.98 Å². The first-order valence-corrected chi connectivity index (χ1v) is 8.59. The largest absolute Gasteiger partial charge is 0.370 e. The number of nitrogens with one attached hydrogen (secondary N) is 2. The Bertz CT molecular complexity index is 604. The molecule has 2 heterocycles. The number of carbonyl (C=O) groups is 1. The standard InChI is InChI=1S/C16H23N5OS/c1-16(2,3)8-4-5-9-17-13-7-6-12(10-18-13)14(22)20-15-21-19-11-23-15/h6-7,10-11H,4-5,8-9H2,1-3H3,(H,17,18)(H,20,21,22). The Kier molecular flexibility index (Phi) is 6.04. The van der Waals surface area contributed by atoms with Gasteiger partial charge in [-0.2, -0.15) is 0 Å². The van der Waals surface area contributed by atoms with Gasteiger partial charge in [0.15, 0.2) is 0 Å². The minimum atomic E-state index is -0.231. The maximum Gasteiger partial charge on any atom is 0.259 e. The molecule has 0 atom stereocenters. The molecule has 1 amide bonds. The number of hydrogen-bond acceptors (Lipinski definition) is 6. The molecule has 0 unspecified atom stereocenters. The van der Waals surface area contributed by atoms with Crippen molar-refractivity contribution in [2.75, 3.05) is 17.2 Å². The van der Waals surface area contributed by atoms with Gasteiger partial charge >= 0.3 is 0 Å². The van der Waals surface area contributed by atoms with Gasteiger partial charge in [0.2, 0.25) is 5.13 Å². The van der Waals surface area contributed by atoms with Crippen molar-refractivity contribution in [2.45, 2.75) is 40.0 Å². The predicted octanol–water partition coefficient (Wildman–Crippen LogP) is 3.81. The van der Waals surface area contributed by atoms with Crippen LogP contribution in [0.15, 0.2) is 23.8 Å². The summed E-state index contributed by atoms with van der Waals surface area (Å²) < 4.78 is 0. The Labute approximate surface area is 140 Å². The average molecular weight is 333 g/mol. The van der Waals surface area contributed by atoms with Crippen LogP contribution < -0.4 is 10.6 Å². The molecule has 2 N–H and O–H groups in total. The van der Waals surface area contributed by atoms with E-state index in [-0.39, 0.29) is 5.91 Å². The topological polar surface area (TPSA) is 79.8 Å². The molecule has 2 aromatic rings. The van der Waals surface area contributed by atoms with Crippen molar-refractivity contribution in [3.8, 4) is 0 Å². The normalized spacial score (nSPS) is 11.3. The number of rotatable bonds is 7. The quantitative estimate of drug-likeness (QED) is 0.753. The van der Waals surface area contributed by atoms with Crippen LogP contribution in [0.4, 0.5) is 10.9 Å². The second-order valence-corrected chi connectivity index (χ2v) is 7.41. The van der Waals surface area contributed by atoms with Crippen LogP contribution in [0.3, 0.4) is 0 Å². The van der Waals surface area contributed by atoms with E-state index in [1.807, 2.05) is 6.07 Å². The average Bonchev–Trinajstić information content (AvgIpc) is 2.99. The van der Waals surface area contributed by atoms with Crippen LogP contribution in [-0.2, 0) is 0 Å². The molecule has 0 saturated carbocycles. The van der Waals surface area contributed by atoms with Crippen LogP contribution in [0, 0.1) is 5.41 Å². The highest BCUT2D eigenvalue weighted by Gasteiger charge is 2.10. The number of anilines is 2. The number of pyridine rings is 1. The van der Waals surface area contributed by atoms with Crippen LogP contribution in [0.1, 0.15) is 50.4 Å². The van der Waals surface area contributed by atoms with Gasteiger partial charge in [-0.3, -0.25) is 10.1 Å². The van der Waals surface area contributed by atoms with Gasteiger partial charge in [0, 0.05) is 12.7 Å². The minimum Gasteiger partial charge on any atom is -0.370 e. The summed E-state index contributed by atoms with van der Waals surface area (Å²) in [5.41, 5.74) is 2.46. The van der Waals surface area contributed by atoms with Crippen molar-refractivity contribution in [3.05, 3.63) is 29.4 Å². The van der Waals surface area contributed by atoms with Crippen LogP contribution in [0.25, 0.3) is 0 Å². The van der Waals surface area contributed by atoms with Crippen molar-refractivity contribution in [2.24, 2.45) is 5.41 Å². The highest BCUT2D eigenvalue weighted by molar-refractivity contribution is 7.13. The molecule has 0 aromatic carbocycles. The lowest BCUT2D eigenvalue weighted by molar-refractivity contribution is 0.102. The smallest absolute Gasteiger partial charge is 0.259 e. The lowest BCUT2D eigenvalue weighted by atomic mass is 9.90. The van der Waals surface area contributed by atoms with E-state index in [0.717, 1.165) is 18.8 Å². The van der Waals surface area contributed by atoms with Crippen LogP contribution >= 0.6 is 11.3 Å². The molecule has 0 saturated heterocycles. The monoisotopic (exact) mass is 333 g/mol. The number of nitrogens with zero attached hydrogens (tertiary/aromatic N) is 3. The Hall–Kier alpha value is -2.02. The maximum absolute atomic E-state index is 12.0. The summed E-state index contributed by atoms with van der Waals surface area (Å²) in [7, 11) is 0. The molecule has 0 spiro atoms. The molecule has 124 valence electrons. The molecule has 0 fully saturated rings. The number of amides is 1. The molecule has 23 heavy (non-hydrogen) atoms. The second-order valence-electron chi connectivity index (χ2n) is 6.57. The minimum absolute atomic E-state index is 0.231. The van der Waals surface area contributed by atoms with Gasteiger partial charge in [0.05, 0.1) is 5.56 Å². The number of unbranched alkanes of at least 4 members (excludes halogenated alkanes) is 1.